The second kappa shape index (κ2) is 6.92. The molecule has 0 amide bonds. The SMILES string of the molecule is COc1ccnc(CC2CC(C(C)C)CCC2=O)c1OC. The molecular formula is C17H25NO3. The van der Waals surface area contributed by atoms with Crippen LogP contribution in [0.3, 0.4) is 0 Å². The summed E-state index contributed by atoms with van der Waals surface area (Å²) in [5.74, 6) is 2.99. The molecule has 4 heteroatoms. The molecule has 2 rings (SSSR count). The summed E-state index contributed by atoms with van der Waals surface area (Å²) >= 11 is 0. The Morgan fingerprint density at radius 1 is 1.33 bits per heavy atom. The summed E-state index contributed by atoms with van der Waals surface area (Å²) in [7, 11) is 3.23. The van der Waals surface area contributed by atoms with Gasteiger partial charge in [0.2, 0.25) is 0 Å². The Balaban J connectivity index is 2.18. The predicted octanol–water partition coefficient (Wildman–Crippen LogP) is 3.28. The third-order valence-electron chi connectivity index (χ3n) is 4.55. The molecule has 0 spiro atoms. The van der Waals surface area contributed by atoms with Crippen molar-refractivity contribution in [2.75, 3.05) is 14.2 Å². The lowest BCUT2D eigenvalue weighted by atomic mass is 9.74. The van der Waals surface area contributed by atoms with E-state index in [4.69, 9.17) is 9.47 Å². The Bertz CT molecular complexity index is 499. The van der Waals surface area contributed by atoms with E-state index in [1.807, 2.05) is 0 Å². The number of hydrogen-bond acceptors (Lipinski definition) is 4. The summed E-state index contributed by atoms with van der Waals surface area (Å²) in [6.07, 6.45) is 5.03. The van der Waals surface area contributed by atoms with Gasteiger partial charge in [0.15, 0.2) is 11.5 Å². The zero-order valence-electron chi connectivity index (χ0n) is 13.4. The van der Waals surface area contributed by atoms with Gasteiger partial charge in [0, 0.05) is 31.0 Å². The highest BCUT2D eigenvalue weighted by molar-refractivity contribution is 5.82. The molecule has 1 aromatic heterocycles. The van der Waals surface area contributed by atoms with E-state index < -0.39 is 0 Å². The molecule has 1 aliphatic carbocycles. The maximum absolute atomic E-state index is 12.2. The van der Waals surface area contributed by atoms with Gasteiger partial charge in [-0.05, 0) is 24.7 Å². The summed E-state index contributed by atoms with van der Waals surface area (Å²) in [5, 5.41) is 0. The Morgan fingerprint density at radius 2 is 2.10 bits per heavy atom. The predicted molar refractivity (Wildman–Crippen MR) is 81.7 cm³/mol. The molecule has 0 aliphatic heterocycles. The molecule has 21 heavy (non-hydrogen) atoms. The van der Waals surface area contributed by atoms with Crippen LogP contribution in [0.5, 0.6) is 11.5 Å². The fourth-order valence-corrected chi connectivity index (χ4v) is 3.18. The molecule has 1 aliphatic rings. The fraction of sp³-hybridized carbons (Fsp3) is 0.647. The molecular weight excluding hydrogens is 266 g/mol. The molecule has 1 aromatic rings. The molecule has 1 heterocycles. The number of rotatable bonds is 5. The molecule has 0 N–H and O–H groups in total. The zero-order valence-corrected chi connectivity index (χ0v) is 13.4. The van der Waals surface area contributed by atoms with Crippen LogP contribution in [-0.4, -0.2) is 25.0 Å². The first kappa shape index (κ1) is 15.8. The highest BCUT2D eigenvalue weighted by atomic mass is 16.5. The molecule has 0 radical (unpaired) electrons. The van der Waals surface area contributed by atoms with Gasteiger partial charge in [0.25, 0.3) is 0 Å². The molecule has 0 bridgehead atoms. The standard InChI is InChI=1S/C17H25NO3/c1-11(2)12-5-6-15(19)13(9-12)10-14-17(21-4)16(20-3)7-8-18-14/h7-8,11-13H,5-6,9-10H2,1-4H3. The van der Waals surface area contributed by atoms with Gasteiger partial charge in [-0.15, -0.1) is 0 Å². The summed E-state index contributed by atoms with van der Waals surface area (Å²) < 4.78 is 10.7. The van der Waals surface area contributed by atoms with Crippen LogP contribution in [0.1, 0.15) is 38.8 Å². The minimum Gasteiger partial charge on any atom is -0.493 e. The van der Waals surface area contributed by atoms with Crippen LogP contribution in [-0.2, 0) is 11.2 Å². The number of carbonyl (C=O) groups is 1. The van der Waals surface area contributed by atoms with E-state index in [9.17, 15) is 4.79 Å². The summed E-state index contributed by atoms with van der Waals surface area (Å²) in [4.78, 5) is 16.6. The summed E-state index contributed by atoms with van der Waals surface area (Å²) in [6.45, 7) is 4.48. The first-order chi connectivity index (χ1) is 10.1. The normalized spacial score (nSPS) is 22.4. The minimum absolute atomic E-state index is 0.0552. The van der Waals surface area contributed by atoms with Gasteiger partial charge in [0.05, 0.1) is 19.9 Å². The number of ketones is 1. The average molecular weight is 291 g/mol. The number of Topliss-reactive ketones (excluding diaryl/α,β-unsaturated/α-hetero) is 1. The van der Waals surface area contributed by atoms with E-state index in [1.165, 1.54) is 0 Å². The molecule has 0 aromatic carbocycles. The third kappa shape index (κ3) is 3.55. The van der Waals surface area contributed by atoms with Crippen molar-refractivity contribution in [3.05, 3.63) is 18.0 Å². The number of hydrogen-bond donors (Lipinski definition) is 0. The average Bonchev–Trinajstić information content (AvgIpc) is 2.48. The van der Waals surface area contributed by atoms with E-state index in [0.717, 1.165) is 18.5 Å². The number of methoxy groups -OCH3 is 2. The minimum atomic E-state index is 0.0552. The number of carbonyl (C=O) groups excluding carboxylic acids is 1. The lowest BCUT2D eigenvalue weighted by molar-refractivity contribution is -0.126. The van der Waals surface area contributed by atoms with Crippen LogP contribution in [0.4, 0.5) is 0 Å². The lowest BCUT2D eigenvalue weighted by Crippen LogP contribution is -2.29. The van der Waals surface area contributed by atoms with Crippen molar-refractivity contribution in [1.29, 1.82) is 0 Å². The van der Waals surface area contributed by atoms with Crippen molar-refractivity contribution in [3.8, 4) is 11.5 Å². The Kier molecular flexibility index (Phi) is 5.21. The van der Waals surface area contributed by atoms with Crippen LogP contribution >= 0.6 is 0 Å². The molecule has 4 nitrogen and oxygen atoms in total. The molecule has 1 saturated carbocycles. The molecule has 2 atom stereocenters. The van der Waals surface area contributed by atoms with Crippen LogP contribution in [0.15, 0.2) is 12.3 Å². The van der Waals surface area contributed by atoms with Crippen LogP contribution < -0.4 is 9.47 Å². The van der Waals surface area contributed by atoms with Crippen molar-refractivity contribution in [2.45, 2.75) is 39.5 Å². The van der Waals surface area contributed by atoms with Crippen LogP contribution in [0.2, 0.25) is 0 Å². The monoisotopic (exact) mass is 291 g/mol. The van der Waals surface area contributed by atoms with Crippen molar-refractivity contribution in [1.82, 2.24) is 4.98 Å². The van der Waals surface area contributed by atoms with Crippen molar-refractivity contribution in [3.63, 3.8) is 0 Å². The first-order valence-corrected chi connectivity index (χ1v) is 7.65. The second-order valence-electron chi connectivity index (χ2n) is 6.14. The van der Waals surface area contributed by atoms with Gasteiger partial charge in [-0.3, -0.25) is 9.78 Å². The van der Waals surface area contributed by atoms with Gasteiger partial charge in [-0.2, -0.15) is 0 Å². The van der Waals surface area contributed by atoms with E-state index in [0.29, 0.717) is 42.0 Å². The molecule has 1 fully saturated rings. The topological polar surface area (TPSA) is 48.4 Å². The van der Waals surface area contributed by atoms with E-state index in [2.05, 4.69) is 18.8 Å². The maximum Gasteiger partial charge on any atom is 0.182 e. The smallest absolute Gasteiger partial charge is 0.182 e. The number of aromatic nitrogens is 1. The van der Waals surface area contributed by atoms with Crippen LogP contribution in [0, 0.1) is 17.8 Å². The quantitative estimate of drug-likeness (QED) is 0.835. The van der Waals surface area contributed by atoms with Crippen molar-refractivity contribution in [2.24, 2.45) is 17.8 Å². The van der Waals surface area contributed by atoms with E-state index >= 15 is 0 Å². The van der Waals surface area contributed by atoms with Gasteiger partial charge in [-0.25, -0.2) is 0 Å². The zero-order chi connectivity index (χ0) is 15.4. The Hall–Kier alpha value is -1.58. The molecule has 0 saturated heterocycles. The Morgan fingerprint density at radius 3 is 2.71 bits per heavy atom. The van der Waals surface area contributed by atoms with Gasteiger partial charge >= 0.3 is 0 Å². The highest BCUT2D eigenvalue weighted by Gasteiger charge is 2.31. The molecule has 2 unspecified atom stereocenters. The maximum atomic E-state index is 12.2. The first-order valence-electron chi connectivity index (χ1n) is 7.65. The summed E-state index contributed by atoms with van der Waals surface area (Å²) in [5.41, 5.74) is 0.819. The van der Waals surface area contributed by atoms with E-state index in [-0.39, 0.29) is 5.92 Å². The Labute approximate surface area is 126 Å². The lowest BCUT2D eigenvalue weighted by Gasteiger charge is -2.30. The number of pyridine rings is 1. The van der Waals surface area contributed by atoms with Gasteiger partial charge in [0.1, 0.15) is 5.78 Å². The molecule has 116 valence electrons. The number of ether oxygens (including phenoxy) is 2. The van der Waals surface area contributed by atoms with Crippen molar-refractivity contribution < 1.29 is 14.3 Å². The number of nitrogens with zero attached hydrogens (tertiary/aromatic N) is 1. The summed E-state index contributed by atoms with van der Waals surface area (Å²) in [6, 6.07) is 1.78. The van der Waals surface area contributed by atoms with Crippen molar-refractivity contribution >= 4 is 5.78 Å². The highest BCUT2D eigenvalue weighted by Crippen LogP contribution is 2.36. The third-order valence-corrected chi connectivity index (χ3v) is 4.55. The van der Waals surface area contributed by atoms with E-state index in [1.54, 1.807) is 26.5 Å². The van der Waals surface area contributed by atoms with Gasteiger partial charge < -0.3 is 9.47 Å². The largest absolute Gasteiger partial charge is 0.493 e. The van der Waals surface area contributed by atoms with Gasteiger partial charge in [-0.1, -0.05) is 13.8 Å². The second-order valence-corrected chi connectivity index (χ2v) is 6.14. The van der Waals surface area contributed by atoms with Crippen LogP contribution in [0.25, 0.3) is 0 Å². The fourth-order valence-electron chi connectivity index (χ4n) is 3.18.